The van der Waals surface area contributed by atoms with Crippen molar-refractivity contribution in [3.63, 3.8) is 0 Å². The van der Waals surface area contributed by atoms with Gasteiger partial charge in [-0.2, -0.15) is 0 Å². The molecule has 20 heavy (non-hydrogen) atoms. The van der Waals surface area contributed by atoms with Crippen LogP contribution in [0.5, 0.6) is 11.5 Å². The Morgan fingerprint density at radius 2 is 2.10 bits per heavy atom. The Kier molecular flexibility index (Phi) is 4.83. The van der Waals surface area contributed by atoms with Crippen molar-refractivity contribution in [1.29, 1.82) is 0 Å². The van der Waals surface area contributed by atoms with E-state index in [-0.39, 0.29) is 6.04 Å². The quantitative estimate of drug-likeness (QED) is 0.900. The van der Waals surface area contributed by atoms with E-state index in [2.05, 4.69) is 5.32 Å². The third-order valence-corrected chi connectivity index (χ3v) is 3.61. The molecule has 2 atom stereocenters. The molecule has 1 saturated heterocycles. The van der Waals surface area contributed by atoms with Gasteiger partial charge in [0.1, 0.15) is 5.67 Å². The predicted molar refractivity (Wildman–Crippen MR) is 75.2 cm³/mol. The lowest BCUT2D eigenvalue weighted by Crippen LogP contribution is -2.44. The minimum atomic E-state index is -1.45. The van der Waals surface area contributed by atoms with Crippen LogP contribution in [0, 0.1) is 0 Å². The van der Waals surface area contributed by atoms with Crippen molar-refractivity contribution in [3.8, 4) is 11.5 Å². The second-order valence-electron chi connectivity index (χ2n) is 5.20. The fourth-order valence-corrected chi connectivity index (χ4v) is 2.49. The first-order chi connectivity index (χ1) is 9.56. The number of alkyl halides is 1. The van der Waals surface area contributed by atoms with Gasteiger partial charge in [-0.1, -0.05) is 6.07 Å². The molecule has 0 amide bonds. The normalized spacial score (nSPS) is 22.1. The fourth-order valence-electron chi connectivity index (χ4n) is 2.49. The SMILES string of the molecule is COc1ccc(C(C)(F)CC2COCCN2)cc1OC. The van der Waals surface area contributed by atoms with Gasteiger partial charge in [-0.15, -0.1) is 0 Å². The summed E-state index contributed by atoms with van der Waals surface area (Å²) in [6.45, 7) is 3.60. The molecule has 5 heteroatoms. The first-order valence-electron chi connectivity index (χ1n) is 6.79. The summed E-state index contributed by atoms with van der Waals surface area (Å²) in [6, 6.07) is 5.21. The minimum Gasteiger partial charge on any atom is -0.493 e. The van der Waals surface area contributed by atoms with Gasteiger partial charge in [0, 0.05) is 19.0 Å². The van der Waals surface area contributed by atoms with Crippen LogP contribution in [0.25, 0.3) is 0 Å². The molecule has 0 aromatic heterocycles. The van der Waals surface area contributed by atoms with Crippen LogP contribution >= 0.6 is 0 Å². The predicted octanol–water partition coefficient (Wildman–Crippen LogP) is 2.27. The Hall–Kier alpha value is -1.33. The van der Waals surface area contributed by atoms with Gasteiger partial charge in [-0.3, -0.25) is 0 Å². The molecule has 0 spiro atoms. The van der Waals surface area contributed by atoms with Crippen molar-refractivity contribution in [3.05, 3.63) is 23.8 Å². The molecule has 0 radical (unpaired) electrons. The van der Waals surface area contributed by atoms with Gasteiger partial charge in [-0.25, -0.2) is 4.39 Å². The second kappa shape index (κ2) is 6.41. The molecule has 0 aliphatic carbocycles. The number of benzene rings is 1. The van der Waals surface area contributed by atoms with E-state index < -0.39 is 5.67 Å². The molecular weight excluding hydrogens is 261 g/mol. The average Bonchev–Trinajstić information content (AvgIpc) is 2.47. The van der Waals surface area contributed by atoms with Crippen molar-refractivity contribution in [2.75, 3.05) is 34.0 Å². The molecule has 2 rings (SSSR count). The molecule has 4 nitrogen and oxygen atoms in total. The summed E-state index contributed by atoms with van der Waals surface area (Å²) in [5.74, 6) is 1.15. The highest BCUT2D eigenvalue weighted by molar-refractivity contribution is 5.44. The zero-order chi connectivity index (χ0) is 14.6. The van der Waals surface area contributed by atoms with E-state index in [1.54, 1.807) is 39.3 Å². The summed E-state index contributed by atoms with van der Waals surface area (Å²) in [7, 11) is 3.11. The zero-order valence-corrected chi connectivity index (χ0v) is 12.2. The number of morpholine rings is 1. The monoisotopic (exact) mass is 283 g/mol. The smallest absolute Gasteiger partial charge is 0.161 e. The van der Waals surface area contributed by atoms with Gasteiger partial charge in [0.15, 0.2) is 11.5 Å². The minimum absolute atomic E-state index is 0.0341. The lowest BCUT2D eigenvalue weighted by Gasteiger charge is -2.30. The van der Waals surface area contributed by atoms with Crippen molar-refractivity contribution in [2.45, 2.75) is 25.1 Å². The first kappa shape index (κ1) is 15.1. The second-order valence-corrected chi connectivity index (χ2v) is 5.20. The lowest BCUT2D eigenvalue weighted by atomic mass is 9.90. The maximum atomic E-state index is 15.0. The molecule has 1 aliphatic heterocycles. The van der Waals surface area contributed by atoms with Crippen molar-refractivity contribution >= 4 is 0 Å². The molecule has 0 bridgehead atoms. The van der Waals surface area contributed by atoms with Gasteiger partial charge in [0.05, 0.1) is 27.4 Å². The van der Waals surface area contributed by atoms with Gasteiger partial charge in [0.25, 0.3) is 0 Å². The van der Waals surface area contributed by atoms with E-state index in [0.29, 0.717) is 36.7 Å². The van der Waals surface area contributed by atoms with Gasteiger partial charge >= 0.3 is 0 Å². The van der Waals surface area contributed by atoms with Crippen LogP contribution in [0.4, 0.5) is 4.39 Å². The molecule has 1 aliphatic rings. The summed E-state index contributed by atoms with van der Waals surface area (Å²) < 4.78 is 30.7. The Morgan fingerprint density at radius 3 is 2.70 bits per heavy atom. The summed E-state index contributed by atoms with van der Waals surface area (Å²) in [6.07, 6.45) is 0.364. The van der Waals surface area contributed by atoms with E-state index in [0.717, 1.165) is 6.54 Å². The Bertz CT molecular complexity index is 445. The number of hydrogen-bond acceptors (Lipinski definition) is 4. The molecule has 2 unspecified atom stereocenters. The molecular formula is C15H22FNO3. The Balaban J connectivity index is 2.15. The average molecular weight is 283 g/mol. The Morgan fingerprint density at radius 1 is 1.35 bits per heavy atom. The molecule has 1 fully saturated rings. The molecule has 1 N–H and O–H groups in total. The van der Waals surface area contributed by atoms with Crippen LogP contribution < -0.4 is 14.8 Å². The number of hydrogen-bond donors (Lipinski definition) is 1. The van der Waals surface area contributed by atoms with Gasteiger partial charge in [-0.05, 0) is 24.6 Å². The van der Waals surface area contributed by atoms with Gasteiger partial charge < -0.3 is 19.5 Å². The van der Waals surface area contributed by atoms with E-state index in [1.165, 1.54) is 0 Å². The number of rotatable bonds is 5. The van der Waals surface area contributed by atoms with Gasteiger partial charge in [0.2, 0.25) is 0 Å². The summed E-state index contributed by atoms with van der Waals surface area (Å²) in [5, 5.41) is 3.28. The van der Waals surface area contributed by atoms with Crippen LogP contribution in [0.1, 0.15) is 18.9 Å². The highest BCUT2D eigenvalue weighted by atomic mass is 19.1. The van der Waals surface area contributed by atoms with Crippen molar-refractivity contribution in [1.82, 2.24) is 5.32 Å². The molecule has 1 aromatic rings. The van der Waals surface area contributed by atoms with E-state index >= 15 is 0 Å². The molecule has 0 saturated carbocycles. The summed E-state index contributed by atoms with van der Waals surface area (Å²) >= 11 is 0. The van der Waals surface area contributed by atoms with Crippen LogP contribution in [-0.2, 0) is 10.4 Å². The van der Waals surface area contributed by atoms with Crippen LogP contribution in [0.2, 0.25) is 0 Å². The highest BCUT2D eigenvalue weighted by Crippen LogP contribution is 2.36. The third kappa shape index (κ3) is 3.41. The maximum absolute atomic E-state index is 15.0. The molecule has 1 aromatic carbocycles. The van der Waals surface area contributed by atoms with E-state index in [9.17, 15) is 4.39 Å². The van der Waals surface area contributed by atoms with Crippen molar-refractivity contribution in [2.24, 2.45) is 0 Å². The maximum Gasteiger partial charge on any atom is 0.161 e. The zero-order valence-electron chi connectivity index (χ0n) is 12.2. The van der Waals surface area contributed by atoms with Crippen LogP contribution in [0.15, 0.2) is 18.2 Å². The van der Waals surface area contributed by atoms with Crippen LogP contribution in [-0.4, -0.2) is 40.0 Å². The highest BCUT2D eigenvalue weighted by Gasteiger charge is 2.31. The number of nitrogens with one attached hydrogen (secondary N) is 1. The van der Waals surface area contributed by atoms with E-state index in [1.807, 2.05) is 0 Å². The lowest BCUT2D eigenvalue weighted by molar-refractivity contribution is 0.0474. The fraction of sp³-hybridized carbons (Fsp3) is 0.600. The number of methoxy groups -OCH3 is 2. The number of ether oxygens (including phenoxy) is 3. The van der Waals surface area contributed by atoms with Crippen LogP contribution in [0.3, 0.4) is 0 Å². The topological polar surface area (TPSA) is 39.7 Å². The Labute approximate surface area is 119 Å². The summed E-state index contributed by atoms with van der Waals surface area (Å²) in [5.41, 5.74) is -0.861. The van der Waals surface area contributed by atoms with Crippen molar-refractivity contribution < 1.29 is 18.6 Å². The largest absolute Gasteiger partial charge is 0.493 e. The molecule has 112 valence electrons. The third-order valence-electron chi connectivity index (χ3n) is 3.61. The van der Waals surface area contributed by atoms with E-state index in [4.69, 9.17) is 14.2 Å². The first-order valence-corrected chi connectivity index (χ1v) is 6.79. The number of halogens is 1. The standard InChI is InChI=1S/C15H22FNO3/c1-15(16,9-12-10-20-7-6-17-12)11-4-5-13(18-2)14(8-11)19-3/h4-5,8,12,17H,6-7,9-10H2,1-3H3. The molecule has 1 heterocycles. The summed E-state index contributed by atoms with van der Waals surface area (Å²) in [4.78, 5) is 0.